The zero-order chi connectivity index (χ0) is 11.0. The number of aromatic nitrogens is 2. The largest absolute Gasteiger partial charge is 0.394 e. The maximum atomic E-state index is 9.90. The van der Waals surface area contributed by atoms with E-state index in [1.54, 1.807) is 17.9 Å². The normalized spacial score (nSPS) is 30.3. The maximum Gasteiger partial charge on any atom is 0.187 e. The van der Waals surface area contributed by atoms with Crippen molar-refractivity contribution >= 4 is 0 Å². The van der Waals surface area contributed by atoms with Gasteiger partial charge in [0, 0.05) is 14.2 Å². The first kappa shape index (κ1) is 10.6. The van der Waals surface area contributed by atoms with Crippen LogP contribution in [0.1, 0.15) is 23.7 Å². The Morgan fingerprint density at radius 3 is 3.00 bits per heavy atom. The molecule has 3 atom stereocenters. The minimum absolute atomic E-state index is 0.258. The average Bonchev–Trinajstić information content (AvgIpc) is 2.62. The Balaban J connectivity index is 2.42. The molecule has 0 unspecified atom stereocenters. The van der Waals surface area contributed by atoms with Crippen molar-refractivity contribution in [3.05, 3.63) is 17.5 Å². The van der Waals surface area contributed by atoms with Crippen LogP contribution in [0.5, 0.6) is 0 Å². The van der Waals surface area contributed by atoms with Gasteiger partial charge in [0.1, 0.15) is 12.2 Å². The number of hydrogen-bond donors (Lipinski definition) is 2. The molecule has 0 amide bonds. The molecule has 0 bridgehead atoms. The Hall–Kier alpha value is -0.950. The van der Waals surface area contributed by atoms with Crippen molar-refractivity contribution in [3.8, 4) is 0 Å². The van der Waals surface area contributed by atoms with E-state index in [0.717, 1.165) is 0 Å². The molecular weight excluding hydrogens is 200 g/mol. The summed E-state index contributed by atoms with van der Waals surface area (Å²) in [6, 6.07) is 0. The van der Waals surface area contributed by atoms with Gasteiger partial charge in [-0.25, -0.2) is 0 Å². The van der Waals surface area contributed by atoms with Crippen LogP contribution in [-0.2, 0) is 16.5 Å². The number of aryl methyl sites for hydroxylation is 1. The second-order valence-electron chi connectivity index (χ2n) is 3.48. The predicted octanol–water partition coefficient (Wildman–Crippen LogP) is -0.510. The number of methoxy groups -OCH3 is 1. The first-order valence-corrected chi connectivity index (χ1v) is 4.68. The van der Waals surface area contributed by atoms with Gasteiger partial charge in [-0.3, -0.25) is 4.68 Å². The van der Waals surface area contributed by atoms with Crippen LogP contribution in [0.2, 0.25) is 0 Å². The highest BCUT2D eigenvalue weighted by Crippen LogP contribution is 2.36. The topological polar surface area (TPSA) is 76.7 Å². The Kier molecular flexibility index (Phi) is 2.74. The molecule has 0 radical (unpaired) electrons. The quantitative estimate of drug-likeness (QED) is 0.693. The Labute approximate surface area is 87.0 Å². The third kappa shape index (κ3) is 1.55. The van der Waals surface area contributed by atoms with Crippen LogP contribution in [0.3, 0.4) is 0 Å². The molecule has 15 heavy (non-hydrogen) atoms. The summed E-state index contributed by atoms with van der Waals surface area (Å²) in [5.74, 6) is 0. The first-order chi connectivity index (χ1) is 7.19. The first-order valence-electron chi connectivity index (χ1n) is 4.68. The van der Waals surface area contributed by atoms with Crippen molar-refractivity contribution in [1.82, 2.24) is 9.78 Å². The van der Waals surface area contributed by atoms with Gasteiger partial charge in [0.05, 0.1) is 24.1 Å². The molecule has 2 N–H and O–H groups in total. The molecule has 6 nitrogen and oxygen atoms in total. The summed E-state index contributed by atoms with van der Waals surface area (Å²) >= 11 is 0. The standard InChI is InChI=1S/C9H14N2O4/c1-11-7-5(3-10-11)9(14-2)15-6(4-12)8(7)13/h3,6,8-9,12-13H,4H2,1-2H3/t6-,8-,9+/m1/s1. The van der Waals surface area contributed by atoms with Crippen molar-refractivity contribution in [2.75, 3.05) is 13.7 Å². The fourth-order valence-corrected chi connectivity index (χ4v) is 1.82. The molecular formula is C9H14N2O4. The van der Waals surface area contributed by atoms with Gasteiger partial charge in [0.2, 0.25) is 0 Å². The lowest BCUT2D eigenvalue weighted by Crippen LogP contribution is -2.34. The van der Waals surface area contributed by atoms with Crippen LogP contribution in [0.25, 0.3) is 0 Å². The smallest absolute Gasteiger partial charge is 0.187 e. The monoisotopic (exact) mass is 214 g/mol. The lowest BCUT2D eigenvalue weighted by Gasteiger charge is -2.32. The number of fused-ring (bicyclic) bond motifs is 1. The number of nitrogens with zero attached hydrogens (tertiary/aromatic N) is 2. The van der Waals surface area contributed by atoms with Crippen molar-refractivity contribution in [1.29, 1.82) is 0 Å². The Morgan fingerprint density at radius 2 is 2.40 bits per heavy atom. The summed E-state index contributed by atoms with van der Waals surface area (Å²) < 4.78 is 12.0. The number of rotatable bonds is 2. The van der Waals surface area contributed by atoms with E-state index in [2.05, 4.69) is 5.10 Å². The van der Waals surface area contributed by atoms with Crippen LogP contribution in [0, 0.1) is 0 Å². The molecule has 0 aliphatic carbocycles. The van der Waals surface area contributed by atoms with Gasteiger partial charge in [-0.2, -0.15) is 5.10 Å². The van der Waals surface area contributed by atoms with Crippen LogP contribution in [0.15, 0.2) is 6.20 Å². The van der Waals surface area contributed by atoms with E-state index in [1.807, 2.05) is 0 Å². The molecule has 0 saturated carbocycles. The predicted molar refractivity (Wildman–Crippen MR) is 49.9 cm³/mol. The van der Waals surface area contributed by atoms with Crippen molar-refractivity contribution in [3.63, 3.8) is 0 Å². The molecule has 0 fully saturated rings. The number of aliphatic hydroxyl groups excluding tert-OH is 2. The number of ether oxygens (including phenoxy) is 2. The highest BCUT2D eigenvalue weighted by molar-refractivity contribution is 5.24. The Morgan fingerprint density at radius 1 is 1.67 bits per heavy atom. The van der Waals surface area contributed by atoms with E-state index >= 15 is 0 Å². The van der Waals surface area contributed by atoms with Crippen LogP contribution in [0.4, 0.5) is 0 Å². The molecule has 0 saturated heterocycles. The molecule has 1 aliphatic heterocycles. The van der Waals surface area contributed by atoms with Crippen LogP contribution >= 0.6 is 0 Å². The molecule has 2 heterocycles. The molecule has 2 rings (SSSR count). The summed E-state index contributed by atoms with van der Waals surface area (Å²) in [6.07, 6.45) is -0.517. The lowest BCUT2D eigenvalue weighted by molar-refractivity contribution is -0.208. The minimum atomic E-state index is -0.871. The molecule has 0 aromatic carbocycles. The van der Waals surface area contributed by atoms with E-state index in [1.165, 1.54) is 7.11 Å². The summed E-state index contributed by atoms with van der Waals surface area (Å²) in [5.41, 5.74) is 1.34. The third-order valence-electron chi connectivity index (χ3n) is 2.59. The summed E-state index contributed by atoms with van der Waals surface area (Å²) in [7, 11) is 3.24. The fraction of sp³-hybridized carbons (Fsp3) is 0.667. The van der Waals surface area contributed by atoms with Crippen LogP contribution in [-0.4, -0.2) is 39.8 Å². The zero-order valence-electron chi connectivity index (χ0n) is 8.62. The molecule has 84 valence electrons. The molecule has 1 aromatic rings. The number of aliphatic hydroxyl groups is 2. The fourth-order valence-electron chi connectivity index (χ4n) is 1.82. The van der Waals surface area contributed by atoms with E-state index in [4.69, 9.17) is 14.6 Å². The van der Waals surface area contributed by atoms with E-state index in [-0.39, 0.29) is 6.61 Å². The van der Waals surface area contributed by atoms with Gasteiger partial charge in [0.25, 0.3) is 0 Å². The highest BCUT2D eigenvalue weighted by atomic mass is 16.7. The molecule has 0 spiro atoms. The summed E-state index contributed by atoms with van der Waals surface area (Å²) in [5, 5.41) is 23.0. The van der Waals surface area contributed by atoms with Gasteiger partial charge in [0.15, 0.2) is 6.29 Å². The zero-order valence-corrected chi connectivity index (χ0v) is 8.62. The van der Waals surface area contributed by atoms with E-state index < -0.39 is 18.5 Å². The second kappa shape index (κ2) is 3.90. The van der Waals surface area contributed by atoms with Crippen molar-refractivity contribution < 1.29 is 19.7 Å². The third-order valence-corrected chi connectivity index (χ3v) is 2.59. The van der Waals surface area contributed by atoms with Crippen molar-refractivity contribution in [2.24, 2.45) is 7.05 Å². The highest BCUT2D eigenvalue weighted by Gasteiger charge is 2.37. The average molecular weight is 214 g/mol. The number of hydrogen-bond acceptors (Lipinski definition) is 5. The van der Waals surface area contributed by atoms with Gasteiger partial charge < -0.3 is 19.7 Å². The Bertz CT molecular complexity index is 352. The van der Waals surface area contributed by atoms with Crippen LogP contribution < -0.4 is 0 Å². The van der Waals surface area contributed by atoms with Gasteiger partial charge in [-0.05, 0) is 0 Å². The summed E-state index contributed by atoms with van der Waals surface area (Å²) in [6.45, 7) is -0.258. The SMILES string of the molecule is CO[C@H]1O[C@H](CO)[C@@H](O)c2c1cnn2C. The van der Waals surface area contributed by atoms with E-state index in [9.17, 15) is 5.11 Å². The van der Waals surface area contributed by atoms with Gasteiger partial charge in [-0.15, -0.1) is 0 Å². The second-order valence-corrected chi connectivity index (χ2v) is 3.48. The maximum absolute atomic E-state index is 9.90. The molecule has 1 aliphatic rings. The molecule has 6 heteroatoms. The minimum Gasteiger partial charge on any atom is -0.394 e. The molecule has 1 aromatic heterocycles. The van der Waals surface area contributed by atoms with E-state index in [0.29, 0.717) is 11.3 Å². The van der Waals surface area contributed by atoms with Gasteiger partial charge >= 0.3 is 0 Å². The van der Waals surface area contributed by atoms with Gasteiger partial charge in [-0.1, -0.05) is 0 Å². The summed E-state index contributed by atoms with van der Waals surface area (Å²) in [4.78, 5) is 0. The van der Waals surface area contributed by atoms with Crippen molar-refractivity contribution in [2.45, 2.75) is 18.5 Å². The lowest BCUT2D eigenvalue weighted by atomic mass is 10.0.